The predicted octanol–water partition coefficient (Wildman–Crippen LogP) is 4.26. The van der Waals surface area contributed by atoms with Crippen molar-refractivity contribution in [3.8, 4) is 0 Å². The molecule has 0 saturated carbocycles. The number of ketones is 1. The third-order valence-corrected chi connectivity index (χ3v) is 3.70. The van der Waals surface area contributed by atoms with E-state index >= 15 is 0 Å². The lowest BCUT2D eigenvalue weighted by atomic mass is 9.90. The molecule has 2 unspecified atom stereocenters. The molecule has 0 aromatic carbocycles. The van der Waals surface area contributed by atoms with Gasteiger partial charge in [0.25, 0.3) is 0 Å². The van der Waals surface area contributed by atoms with Crippen LogP contribution >= 0.6 is 23.2 Å². The molecule has 3 nitrogen and oxygen atoms in total. The van der Waals surface area contributed by atoms with Crippen molar-refractivity contribution in [2.45, 2.75) is 25.7 Å². The predicted molar refractivity (Wildman–Crippen MR) is 80.3 cm³/mol. The Balaban J connectivity index is 2.22. The molecule has 104 valence electrons. The monoisotopic (exact) mass is 308 g/mol. The molecule has 0 fully saturated rings. The van der Waals surface area contributed by atoms with Crippen molar-refractivity contribution in [1.82, 2.24) is 9.97 Å². The van der Waals surface area contributed by atoms with Crippen LogP contribution in [-0.4, -0.2) is 15.8 Å². The number of rotatable bonds is 4. The second-order valence-electron chi connectivity index (χ2n) is 4.64. The van der Waals surface area contributed by atoms with Crippen molar-refractivity contribution in [1.29, 1.82) is 0 Å². The molecule has 0 aliphatic rings. The Labute approximate surface area is 128 Å². The van der Waals surface area contributed by atoms with Gasteiger partial charge in [0.1, 0.15) is 5.78 Å². The molecule has 0 aliphatic carbocycles. The van der Waals surface area contributed by atoms with E-state index in [1.54, 1.807) is 36.7 Å². The van der Waals surface area contributed by atoms with Gasteiger partial charge in [-0.15, -0.1) is 0 Å². The van der Waals surface area contributed by atoms with Gasteiger partial charge in [0, 0.05) is 22.4 Å². The van der Waals surface area contributed by atoms with Gasteiger partial charge in [0.15, 0.2) is 0 Å². The molecule has 5 heteroatoms. The first-order valence-corrected chi connectivity index (χ1v) is 7.01. The molecule has 20 heavy (non-hydrogen) atoms. The van der Waals surface area contributed by atoms with E-state index in [1.807, 2.05) is 13.8 Å². The first-order chi connectivity index (χ1) is 9.49. The summed E-state index contributed by atoms with van der Waals surface area (Å²) in [5.41, 5.74) is 1.33. The molecule has 2 aromatic rings. The van der Waals surface area contributed by atoms with Crippen LogP contribution < -0.4 is 0 Å². The van der Waals surface area contributed by atoms with Crippen molar-refractivity contribution in [2.24, 2.45) is 0 Å². The standard InChI is InChI=1S/C15H14Cl2N2O/c1-9(13-7-11(16)3-5-18-13)15(20)10(2)14-8-12(17)4-6-19-14/h3-10H,1-2H3. The summed E-state index contributed by atoms with van der Waals surface area (Å²) in [5, 5.41) is 1.14. The highest BCUT2D eigenvalue weighted by atomic mass is 35.5. The van der Waals surface area contributed by atoms with E-state index in [0.717, 1.165) is 0 Å². The van der Waals surface area contributed by atoms with Crippen molar-refractivity contribution < 1.29 is 4.79 Å². The molecule has 0 radical (unpaired) electrons. The van der Waals surface area contributed by atoms with Crippen molar-refractivity contribution in [3.63, 3.8) is 0 Å². The van der Waals surface area contributed by atoms with Crippen LogP contribution in [-0.2, 0) is 4.79 Å². The molecule has 2 atom stereocenters. The molecule has 0 saturated heterocycles. The number of hydrogen-bond donors (Lipinski definition) is 0. The fraction of sp³-hybridized carbons (Fsp3) is 0.267. The molecular formula is C15H14Cl2N2O. The number of halogens is 2. The van der Waals surface area contributed by atoms with Crippen molar-refractivity contribution in [2.75, 3.05) is 0 Å². The molecular weight excluding hydrogens is 295 g/mol. The fourth-order valence-electron chi connectivity index (χ4n) is 1.98. The van der Waals surface area contributed by atoms with Gasteiger partial charge in [-0.25, -0.2) is 0 Å². The SMILES string of the molecule is CC(C(=O)C(C)c1cc(Cl)ccn1)c1cc(Cl)ccn1. The number of pyridine rings is 2. The topological polar surface area (TPSA) is 42.9 Å². The quantitative estimate of drug-likeness (QED) is 0.847. The molecule has 2 aromatic heterocycles. The van der Waals surface area contributed by atoms with Gasteiger partial charge >= 0.3 is 0 Å². The van der Waals surface area contributed by atoms with E-state index in [-0.39, 0.29) is 17.6 Å². The van der Waals surface area contributed by atoms with E-state index in [0.29, 0.717) is 21.4 Å². The second kappa shape index (κ2) is 6.33. The van der Waals surface area contributed by atoms with Crippen LogP contribution in [0.4, 0.5) is 0 Å². The van der Waals surface area contributed by atoms with Gasteiger partial charge in [-0.05, 0) is 38.1 Å². The van der Waals surface area contributed by atoms with Crippen LogP contribution in [0, 0.1) is 0 Å². The Bertz CT molecular complexity index is 577. The average molecular weight is 309 g/mol. The van der Waals surface area contributed by atoms with Crippen LogP contribution in [0.3, 0.4) is 0 Å². The fourth-order valence-corrected chi connectivity index (χ4v) is 2.32. The molecule has 2 heterocycles. The van der Waals surface area contributed by atoms with Gasteiger partial charge in [-0.1, -0.05) is 23.2 Å². The second-order valence-corrected chi connectivity index (χ2v) is 5.52. The van der Waals surface area contributed by atoms with Crippen LogP contribution in [0.25, 0.3) is 0 Å². The highest BCUT2D eigenvalue weighted by molar-refractivity contribution is 6.30. The summed E-state index contributed by atoms with van der Waals surface area (Å²) in [5.74, 6) is -0.650. The summed E-state index contributed by atoms with van der Waals surface area (Å²) in [6.07, 6.45) is 3.20. The van der Waals surface area contributed by atoms with Gasteiger partial charge in [0.05, 0.1) is 23.2 Å². The first kappa shape index (κ1) is 14.9. The third kappa shape index (κ3) is 3.35. The minimum absolute atomic E-state index is 0.0366. The number of carbonyl (C=O) groups excluding carboxylic acids is 1. The van der Waals surface area contributed by atoms with Crippen molar-refractivity contribution >= 4 is 29.0 Å². The molecule has 0 N–H and O–H groups in total. The molecule has 0 bridgehead atoms. The number of nitrogens with zero attached hydrogens (tertiary/aromatic N) is 2. The summed E-state index contributed by atoms with van der Waals surface area (Å²) in [4.78, 5) is 20.9. The summed E-state index contributed by atoms with van der Waals surface area (Å²) in [7, 11) is 0. The van der Waals surface area contributed by atoms with Crippen LogP contribution in [0.1, 0.15) is 37.1 Å². The van der Waals surface area contributed by atoms with Crippen LogP contribution in [0.5, 0.6) is 0 Å². The maximum Gasteiger partial charge on any atom is 0.150 e. The Kier molecular flexibility index (Phi) is 4.73. The molecule has 0 amide bonds. The van der Waals surface area contributed by atoms with E-state index in [4.69, 9.17) is 23.2 Å². The summed E-state index contributed by atoms with van der Waals surface area (Å²) < 4.78 is 0. The highest BCUT2D eigenvalue weighted by Crippen LogP contribution is 2.26. The maximum absolute atomic E-state index is 12.5. The number of hydrogen-bond acceptors (Lipinski definition) is 3. The van der Waals surface area contributed by atoms with E-state index in [9.17, 15) is 4.79 Å². The number of aromatic nitrogens is 2. The zero-order chi connectivity index (χ0) is 14.7. The van der Waals surface area contributed by atoms with Gasteiger partial charge in [-0.3, -0.25) is 14.8 Å². The summed E-state index contributed by atoms with van der Waals surface area (Å²) in [6.45, 7) is 3.64. The number of Topliss-reactive ketones (excluding diaryl/α,β-unsaturated/α-hetero) is 1. The minimum Gasteiger partial charge on any atom is -0.298 e. The third-order valence-electron chi connectivity index (χ3n) is 3.23. The van der Waals surface area contributed by atoms with E-state index in [2.05, 4.69) is 9.97 Å². The first-order valence-electron chi connectivity index (χ1n) is 6.25. The maximum atomic E-state index is 12.5. The van der Waals surface area contributed by atoms with Crippen molar-refractivity contribution in [3.05, 3.63) is 58.1 Å². The normalized spacial score (nSPS) is 13.8. The Hall–Kier alpha value is -1.45. The lowest BCUT2D eigenvalue weighted by Gasteiger charge is -2.16. The number of carbonyl (C=O) groups is 1. The zero-order valence-corrected chi connectivity index (χ0v) is 12.7. The van der Waals surface area contributed by atoms with Gasteiger partial charge in [-0.2, -0.15) is 0 Å². The molecule has 0 aliphatic heterocycles. The Morgan fingerprint density at radius 2 is 1.35 bits per heavy atom. The smallest absolute Gasteiger partial charge is 0.150 e. The molecule has 0 spiro atoms. The lowest BCUT2D eigenvalue weighted by molar-refractivity contribution is -0.121. The lowest BCUT2D eigenvalue weighted by Crippen LogP contribution is -2.18. The van der Waals surface area contributed by atoms with E-state index in [1.165, 1.54) is 0 Å². The molecule has 2 rings (SSSR count). The Morgan fingerprint density at radius 1 is 0.950 bits per heavy atom. The average Bonchev–Trinajstić information content (AvgIpc) is 2.45. The summed E-state index contributed by atoms with van der Waals surface area (Å²) in [6, 6.07) is 6.79. The zero-order valence-electron chi connectivity index (χ0n) is 11.2. The summed E-state index contributed by atoms with van der Waals surface area (Å²) >= 11 is 11.9. The highest BCUT2D eigenvalue weighted by Gasteiger charge is 2.24. The van der Waals surface area contributed by atoms with Gasteiger partial charge in [0.2, 0.25) is 0 Å². The largest absolute Gasteiger partial charge is 0.298 e. The minimum atomic E-state index is -0.343. The van der Waals surface area contributed by atoms with Crippen LogP contribution in [0.15, 0.2) is 36.7 Å². The van der Waals surface area contributed by atoms with E-state index < -0.39 is 0 Å². The van der Waals surface area contributed by atoms with Gasteiger partial charge < -0.3 is 0 Å². The van der Waals surface area contributed by atoms with Crippen LogP contribution in [0.2, 0.25) is 10.0 Å². The Morgan fingerprint density at radius 3 is 1.70 bits per heavy atom.